The Morgan fingerprint density at radius 2 is 1.90 bits per heavy atom. The van der Waals surface area contributed by atoms with Gasteiger partial charge in [-0.25, -0.2) is 8.78 Å². The second-order valence-corrected chi connectivity index (χ2v) is 11.2. The summed E-state index contributed by atoms with van der Waals surface area (Å²) in [4.78, 5) is 40.0. The number of nitrogens with one attached hydrogen (secondary N) is 3. The molecule has 2 aliphatic heterocycles. The van der Waals surface area contributed by atoms with Gasteiger partial charge in [-0.1, -0.05) is 29.4 Å². The molecule has 2 saturated heterocycles. The molecule has 0 aliphatic carbocycles. The third-order valence-electron chi connectivity index (χ3n) is 6.85. The van der Waals surface area contributed by atoms with E-state index in [1.807, 2.05) is 4.90 Å². The quantitative estimate of drug-likeness (QED) is 0.369. The third-order valence-corrected chi connectivity index (χ3v) is 7.96. The van der Waals surface area contributed by atoms with Gasteiger partial charge in [0, 0.05) is 55.1 Å². The fourth-order valence-electron chi connectivity index (χ4n) is 4.61. The second-order valence-electron chi connectivity index (χ2n) is 9.73. The van der Waals surface area contributed by atoms with Gasteiger partial charge in [0.25, 0.3) is 11.1 Å². The van der Waals surface area contributed by atoms with Gasteiger partial charge in [0.2, 0.25) is 5.91 Å². The first-order valence-corrected chi connectivity index (χ1v) is 14.0. The zero-order valence-corrected chi connectivity index (χ0v) is 23.4. The summed E-state index contributed by atoms with van der Waals surface area (Å²) < 4.78 is 67.8. The Bertz CT molecular complexity index is 1330. The molecular weight excluding hydrogens is 593 g/mol. The van der Waals surface area contributed by atoms with E-state index in [4.69, 9.17) is 11.6 Å². The van der Waals surface area contributed by atoms with Crippen LogP contribution in [0.2, 0.25) is 5.02 Å². The van der Waals surface area contributed by atoms with Crippen molar-refractivity contribution in [2.45, 2.75) is 38.1 Å². The van der Waals surface area contributed by atoms with Crippen LogP contribution >= 0.6 is 23.4 Å². The van der Waals surface area contributed by atoms with Crippen LogP contribution in [-0.2, 0) is 11.3 Å². The van der Waals surface area contributed by atoms with Gasteiger partial charge >= 0.3 is 6.18 Å². The van der Waals surface area contributed by atoms with Crippen LogP contribution in [0.5, 0.6) is 0 Å². The molecule has 2 aliphatic rings. The Morgan fingerprint density at radius 3 is 2.56 bits per heavy atom. The highest BCUT2D eigenvalue weighted by atomic mass is 35.5. The topological polar surface area (TPSA) is 93.8 Å². The summed E-state index contributed by atoms with van der Waals surface area (Å²) in [5, 5.41) is 7.47. The Hall–Kier alpha value is -3.10. The minimum Gasteiger partial charge on any atom is -0.367 e. The van der Waals surface area contributed by atoms with Crippen molar-refractivity contribution >= 4 is 51.8 Å². The Morgan fingerprint density at radius 1 is 1.15 bits per heavy atom. The number of alkyl halides is 3. The lowest BCUT2D eigenvalue weighted by Crippen LogP contribution is -2.52. The number of amides is 3. The number of thioether (sulfide) groups is 1. The lowest BCUT2D eigenvalue weighted by atomic mass is 10.1. The molecule has 8 nitrogen and oxygen atoms in total. The molecule has 2 aromatic carbocycles. The number of benzene rings is 2. The predicted molar refractivity (Wildman–Crippen MR) is 146 cm³/mol. The standard InChI is InChI=1S/C26H27ClF5N5O3S/c1-14-12-37(9-8-36(14)7-6-26(30,31)32)20-10-16(27)3-5-18(20)34-23(38)17-4-2-15(21(28)22(17)29)11-33-24(39)19-13-41-25(40)35-19/h2-5,10,14,19H,6-9,11-13H2,1H3,(H,33,39)(H,34,38)(H,35,40)/t14-,19+/m1/s1. The van der Waals surface area contributed by atoms with Crippen LogP contribution in [0.25, 0.3) is 0 Å². The summed E-state index contributed by atoms with van der Waals surface area (Å²) >= 11 is 7.12. The molecule has 222 valence electrons. The minimum absolute atomic E-state index is 0.127. The maximum atomic E-state index is 14.9. The number of hydrogen-bond donors (Lipinski definition) is 3. The molecular formula is C26H27ClF5N5O3S. The first kappa shape index (κ1) is 30.8. The van der Waals surface area contributed by atoms with Crippen molar-refractivity contribution in [2.24, 2.45) is 0 Å². The minimum atomic E-state index is -4.25. The average molecular weight is 620 g/mol. The summed E-state index contributed by atoms with van der Waals surface area (Å²) in [5.74, 6) is -3.96. The summed E-state index contributed by atoms with van der Waals surface area (Å²) in [7, 11) is 0. The second kappa shape index (κ2) is 12.8. The summed E-state index contributed by atoms with van der Waals surface area (Å²) in [5.41, 5.74) is 0.00531. The van der Waals surface area contributed by atoms with Crippen molar-refractivity contribution in [3.63, 3.8) is 0 Å². The van der Waals surface area contributed by atoms with Crippen molar-refractivity contribution in [3.05, 3.63) is 58.1 Å². The molecule has 0 spiro atoms. The van der Waals surface area contributed by atoms with Crippen LogP contribution in [0.3, 0.4) is 0 Å². The van der Waals surface area contributed by atoms with Gasteiger partial charge in [0.05, 0.1) is 23.4 Å². The summed E-state index contributed by atoms with van der Waals surface area (Å²) in [6.07, 6.45) is -5.17. The summed E-state index contributed by atoms with van der Waals surface area (Å²) in [6.45, 7) is 2.39. The maximum Gasteiger partial charge on any atom is 0.390 e. The highest BCUT2D eigenvalue weighted by Gasteiger charge is 2.32. The molecule has 2 heterocycles. The molecule has 3 amide bonds. The van der Waals surface area contributed by atoms with Crippen LogP contribution in [0.4, 0.5) is 38.1 Å². The van der Waals surface area contributed by atoms with Crippen LogP contribution < -0.4 is 20.9 Å². The molecule has 2 atom stereocenters. The molecule has 2 aromatic rings. The maximum absolute atomic E-state index is 14.9. The van der Waals surface area contributed by atoms with E-state index in [-0.39, 0.29) is 41.4 Å². The highest BCUT2D eigenvalue weighted by molar-refractivity contribution is 8.14. The summed E-state index contributed by atoms with van der Waals surface area (Å²) in [6, 6.07) is 5.89. The van der Waals surface area contributed by atoms with Gasteiger partial charge in [-0.15, -0.1) is 0 Å². The molecule has 0 saturated carbocycles. The van der Waals surface area contributed by atoms with E-state index in [1.165, 1.54) is 18.2 Å². The zero-order valence-electron chi connectivity index (χ0n) is 21.8. The van der Waals surface area contributed by atoms with E-state index in [0.717, 1.165) is 17.8 Å². The number of hydrogen-bond acceptors (Lipinski definition) is 6. The van der Waals surface area contributed by atoms with Gasteiger partial charge in [-0.05, 0) is 31.2 Å². The molecule has 0 bridgehead atoms. The van der Waals surface area contributed by atoms with Crippen LogP contribution in [0, 0.1) is 11.6 Å². The molecule has 0 unspecified atom stereocenters. The monoisotopic (exact) mass is 619 g/mol. The van der Waals surface area contributed by atoms with Gasteiger partial charge in [0.15, 0.2) is 11.6 Å². The third kappa shape index (κ3) is 7.80. The van der Waals surface area contributed by atoms with Crippen molar-refractivity contribution in [2.75, 3.05) is 42.1 Å². The molecule has 0 aromatic heterocycles. The van der Waals surface area contributed by atoms with Crippen molar-refractivity contribution < 1.29 is 36.3 Å². The zero-order chi connectivity index (χ0) is 29.9. The molecule has 4 rings (SSSR count). The Labute approximate surface area is 241 Å². The lowest BCUT2D eigenvalue weighted by Gasteiger charge is -2.41. The normalized spacial score (nSPS) is 19.7. The number of carbonyl (C=O) groups is 3. The van der Waals surface area contributed by atoms with E-state index >= 15 is 0 Å². The van der Waals surface area contributed by atoms with Gasteiger partial charge in [-0.3, -0.25) is 19.3 Å². The predicted octanol–water partition coefficient (Wildman–Crippen LogP) is 4.77. The van der Waals surface area contributed by atoms with Crippen LogP contribution in [0.1, 0.15) is 29.3 Å². The fourth-order valence-corrected chi connectivity index (χ4v) is 5.56. The molecule has 2 fully saturated rings. The van der Waals surface area contributed by atoms with Crippen molar-refractivity contribution in [1.29, 1.82) is 0 Å². The number of halogens is 6. The average Bonchev–Trinajstić information content (AvgIpc) is 3.35. The van der Waals surface area contributed by atoms with Crippen molar-refractivity contribution in [1.82, 2.24) is 15.5 Å². The Kier molecular flexibility index (Phi) is 9.65. The molecule has 15 heteroatoms. The number of piperazine rings is 1. The van der Waals surface area contributed by atoms with Gasteiger partial charge in [0.1, 0.15) is 6.04 Å². The van der Waals surface area contributed by atoms with Crippen LogP contribution in [-0.4, -0.2) is 72.1 Å². The fraction of sp³-hybridized carbons (Fsp3) is 0.423. The molecule has 0 radical (unpaired) electrons. The first-order chi connectivity index (χ1) is 19.3. The lowest BCUT2D eigenvalue weighted by molar-refractivity contribution is -0.139. The van der Waals surface area contributed by atoms with Crippen molar-refractivity contribution in [3.8, 4) is 0 Å². The first-order valence-electron chi connectivity index (χ1n) is 12.7. The van der Waals surface area contributed by atoms with Crippen LogP contribution in [0.15, 0.2) is 30.3 Å². The number of rotatable bonds is 8. The van der Waals surface area contributed by atoms with E-state index in [1.54, 1.807) is 17.9 Å². The molecule has 41 heavy (non-hydrogen) atoms. The van der Waals surface area contributed by atoms with Gasteiger partial charge in [-0.2, -0.15) is 13.2 Å². The number of carbonyl (C=O) groups excluding carboxylic acids is 3. The highest BCUT2D eigenvalue weighted by Crippen LogP contribution is 2.32. The van der Waals surface area contributed by atoms with E-state index in [9.17, 15) is 36.3 Å². The van der Waals surface area contributed by atoms with E-state index in [2.05, 4.69) is 16.0 Å². The number of anilines is 2. The Balaban J connectivity index is 1.43. The van der Waals surface area contributed by atoms with E-state index < -0.39 is 47.7 Å². The largest absolute Gasteiger partial charge is 0.390 e. The smallest absolute Gasteiger partial charge is 0.367 e. The molecule has 3 N–H and O–H groups in total. The van der Waals surface area contributed by atoms with Gasteiger partial charge < -0.3 is 20.9 Å². The number of nitrogens with zero attached hydrogens (tertiary/aromatic N) is 2. The van der Waals surface area contributed by atoms with E-state index in [0.29, 0.717) is 30.3 Å². The SMILES string of the molecule is C[C@@H]1CN(c2cc(Cl)ccc2NC(=O)c2ccc(CNC(=O)[C@@H]3CSC(=O)N3)c(F)c2F)CCN1CCC(F)(F)F.